The van der Waals surface area contributed by atoms with Crippen molar-refractivity contribution in [3.63, 3.8) is 0 Å². The maximum atomic E-state index is 13.7. The van der Waals surface area contributed by atoms with E-state index in [9.17, 15) is 35.5 Å². The first-order chi connectivity index (χ1) is 14.2. The summed E-state index contributed by atoms with van der Waals surface area (Å²) in [5.74, 6) is -9.38. The molecule has 31 heavy (non-hydrogen) atoms. The molecule has 0 aliphatic carbocycles. The summed E-state index contributed by atoms with van der Waals surface area (Å²) >= 11 is 0. The monoisotopic (exact) mass is 450 g/mol. The van der Waals surface area contributed by atoms with E-state index in [2.05, 4.69) is 10.1 Å². The van der Waals surface area contributed by atoms with E-state index in [0.29, 0.717) is 17.1 Å². The first kappa shape index (κ1) is 22.3. The molecule has 0 radical (unpaired) electrons. The number of hydrogen-bond donors (Lipinski definition) is 0. The fourth-order valence-electron chi connectivity index (χ4n) is 2.90. The van der Waals surface area contributed by atoms with Gasteiger partial charge in [0.05, 0.1) is 17.8 Å². The van der Waals surface area contributed by atoms with Gasteiger partial charge in [-0.15, -0.1) is 0 Å². The van der Waals surface area contributed by atoms with Crippen molar-refractivity contribution in [3.8, 4) is 17.2 Å². The Morgan fingerprint density at radius 2 is 1.77 bits per heavy atom. The molecule has 0 spiro atoms. The summed E-state index contributed by atoms with van der Waals surface area (Å²) in [4.78, 5) is 16.3. The molecule has 0 N–H and O–H groups in total. The van der Waals surface area contributed by atoms with Crippen LogP contribution >= 0.6 is 0 Å². The van der Waals surface area contributed by atoms with Gasteiger partial charge in [-0.05, 0) is 6.92 Å². The Morgan fingerprint density at radius 3 is 2.32 bits per heavy atom. The maximum absolute atomic E-state index is 13.7. The number of rotatable bonds is 5. The van der Waals surface area contributed by atoms with Crippen molar-refractivity contribution in [1.82, 2.24) is 23.7 Å². The highest BCUT2D eigenvalue weighted by Gasteiger charge is 2.52. The molecule has 0 saturated carbocycles. The average Bonchev–Trinajstić information content (AvgIpc) is 3.18. The molecular weight excluding hydrogens is 437 g/mol. The maximum Gasteiger partial charge on any atom is 0.434 e. The lowest BCUT2D eigenvalue weighted by Gasteiger charge is -2.22. The minimum atomic E-state index is -5.12. The van der Waals surface area contributed by atoms with Crippen LogP contribution in [0.15, 0.2) is 23.4 Å². The summed E-state index contributed by atoms with van der Waals surface area (Å²) in [5.41, 5.74) is -4.06. The quantitative estimate of drug-likeness (QED) is 0.558. The zero-order chi connectivity index (χ0) is 23.4. The van der Waals surface area contributed by atoms with Crippen LogP contribution in [0.5, 0.6) is 0 Å². The normalized spacial score (nSPS) is 13.0. The molecule has 3 heterocycles. The SMILES string of the molecule is Cc1cn2c(=O)c(-c3cnn(CC(F)(F)C(C)(F)F)c3)c(C(F)(F)F)nc2n1CC#N. The summed E-state index contributed by atoms with van der Waals surface area (Å²) < 4.78 is 96.5. The van der Waals surface area contributed by atoms with Crippen LogP contribution in [-0.4, -0.2) is 35.6 Å². The Bertz CT molecular complexity index is 1240. The van der Waals surface area contributed by atoms with Gasteiger partial charge < -0.3 is 4.57 Å². The molecule has 14 heteroatoms. The third kappa shape index (κ3) is 3.87. The van der Waals surface area contributed by atoms with Crippen LogP contribution < -0.4 is 5.56 Å². The molecular formula is C17H13F7N6O. The highest BCUT2D eigenvalue weighted by Crippen LogP contribution is 2.36. The predicted octanol–water partition coefficient (Wildman–Crippen LogP) is 3.50. The van der Waals surface area contributed by atoms with Gasteiger partial charge in [-0.3, -0.25) is 13.9 Å². The topological polar surface area (TPSA) is 80.9 Å². The second-order valence-electron chi connectivity index (χ2n) is 6.84. The zero-order valence-electron chi connectivity index (χ0n) is 15.9. The average molecular weight is 450 g/mol. The lowest BCUT2D eigenvalue weighted by Crippen LogP contribution is -2.41. The number of hydrogen-bond acceptors (Lipinski definition) is 4. The molecule has 0 unspecified atom stereocenters. The summed E-state index contributed by atoms with van der Waals surface area (Å²) in [6.45, 7) is -0.544. The molecule has 0 atom stereocenters. The molecule has 3 aromatic heterocycles. The van der Waals surface area contributed by atoms with Crippen LogP contribution in [0.1, 0.15) is 18.3 Å². The highest BCUT2D eigenvalue weighted by atomic mass is 19.4. The highest BCUT2D eigenvalue weighted by molar-refractivity contribution is 5.65. The predicted molar refractivity (Wildman–Crippen MR) is 91.6 cm³/mol. The van der Waals surface area contributed by atoms with Gasteiger partial charge in [0.15, 0.2) is 5.69 Å². The van der Waals surface area contributed by atoms with Gasteiger partial charge in [0, 0.05) is 30.6 Å². The second kappa shape index (κ2) is 7.10. The smallest absolute Gasteiger partial charge is 0.300 e. The second-order valence-corrected chi connectivity index (χ2v) is 6.84. The molecule has 0 saturated heterocycles. The standard InChI is InChI=1S/C17H13F7N6O/c1-9-6-30-13(31)11(12(17(22,23)24)27-14(30)29(9)4-3-25)10-5-26-28(7-10)8-16(20,21)15(2,18)19/h5-7H,4,8H2,1-2H3. The van der Waals surface area contributed by atoms with E-state index in [1.54, 1.807) is 6.07 Å². The number of aryl methyl sites for hydroxylation is 1. The van der Waals surface area contributed by atoms with E-state index in [1.807, 2.05) is 0 Å². The Morgan fingerprint density at radius 1 is 1.13 bits per heavy atom. The lowest BCUT2D eigenvalue weighted by molar-refractivity contribution is -0.205. The van der Waals surface area contributed by atoms with E-state index in [4.69, 9.17) is 5.26 Å². The number of halogens is 7. The number of nitrogens with zero attached hydrogens (tertiary/aromatic N) is 6. The van der Waals surface area contributed by atoms with Crippen molar-refractivity contribution >= 4 is 5.78 Å². The third-order valence-electron chi connectivity index (χ3n) is 4.50. The summed E-state index contributed by atoms with van der Waals surface area (Å²) in [6.07, 6.45) is -2.63. The van der Waals surface area contributed by atoms with Gasteiger partial charge in [0.25, 0.3) is 5.56 Å². The molecule has 166 valence electrons. The molecule has 3 rings (SSSR count). The number of imidazole rings is 1. The molecule has 0 aliphatic rings. The lowest BCUT2D eigenvalue weighted by atomic mass is 10.1. The van der Waals surface area contributed by atoms with Crippen LogP contribution in [0, 0.1) is 18.3 Å². The largest absolute Gasteiger partial charge is 0.434 e. The van der Waals surface area contributed by atoms with Gasteiger partial charge in [0.1, 0.15) is 13.1 Å². The number of aromatic nitrogens is 5. The van der Waals surface area contributed by atoms with Crippen molar-refractivity contribution in [3.05, 3.63) is 40.3 Å². The van der Waals surface area contributed by atoms with Crippen LogP contribution in [0.25, 0.3) is 16.9 Å². The van der Waals surface area contributed by atoms with Gasteiger partial charge in [0.2, 0.25) is 5.78 Å². The number of nitriles is 1. The summed E-state index contributed by atoms with van der Waals surface area (Å²) in [5, 5.41) is 12.3. The van der Waals surface area contributed by atoms with Crippen LogP contribution in [0.4, 0.5) is 30.7 Å². The Hall–Kier alpha value is -3.37. The fraction of sp³-hybridized carbons (Fsp3) is 0.412. The van der Waals surface area contributed by atoms with Crippen LogP contribution in [0.2, 0.25) is 0 Å². The van der Waals surface area contributed by atoms with Gasteiger partial charge in [-0.25, -0.2) is 13.8 Å². The minimum Gasteiger partial charge on any atom is -0.300 e. The van der Waals surface area contributed by atoms with Crippen LogP contribution in [0.3, 0.4) is 0 Å². The van der Waals surface area contributed by atoms with Crippen molar-refractivity contribution < 1.29 is 30.7 Å². The third-order valence-corrected chi connectivity index (χ3v) is 4.50. The van der Waals surface area contributed by atoms with E-state index < -0.39 is 52.7 Å². The fourth-order valence-corrected chi connectivity index (χ4v) is 2.90. The summed E-state index contributed by atoms with van der Waals surface area (Å²) in [6, 6.07) is 1.74. The Labute approximate surface area is 168 Å². The van der Waals surface area contributed by atoms with Crippen molar-refractivity contribution in [2.45, 2.75) is 45.0 Å². The van der Waals surface area contributed by atoms with E-state index in [1.165, 1.54) is 13.1 Å². The molecule has 3 aromatic rings. The molecule has 0 amide bonds. The molecule has 0 bridgehead atoms. The minimum absolute atomic E-state index is 0.00235. The zero-order valence-corrected chi connectivity index (χ0v) is 15.9. The van der Waals surface area contributed by atoms with Crippen molar-refractivity contribution in [1.29, 1.82) is 5.26 Å². The molecule has 0 aromatic carbocycles. The summed E-state index contributed by atoms with van der Waals surface area (Å²) in [7, 11) is 0. The van der Waals surface area contributed by atoms with Crippen molar-refractivity contribution in [2.24, 2.45) is 0 Å². The van der Waals surface area contributed by atoms with E-state index in [0.717, 1.165) is 8.97 Å². The Balaban J connectivity index is 2.22. The molecule has 7 nitrogen and oxygen atoms in total. The number of alkyl halides is 7. The molecule has 0 aliphatic heterocycles. The van der Waals surface area contributed by atoms with E-state index in [-0.39, 0.29) is 19.2 Å². The van der Waals surface area contributed by atoms with Crippen molar-refractivity contribution in [2.75, 3.05) is 0 Å². The van der Waals surface area contributed by atoms with Crippen LogP contribution in [-0.2, 0) is 19.3 Å². The first-order valence-corrected chi connectivity index (χ1v) is 8.52. The van der Waals surface area contributed by atoms with Gasteiger partial charge in [-0.1, -0.05) is 0 Å². The van der Waals surface area contributed by atoms with E-state index >= 15 is 0 Å². The van der Waals surface area contributed by atoms with Gasteiger partial charge in [-0.2, -0.15) is 32.3 Å². The van der Waals surface area contributed by atoms with Gasteiger partial charge >= 0.3 is 18.0 Å². The first-order valence-electron chi connectivity index (χ1n) is 8.52. The molecule has 0 fully saturated rings. The number of fused-ring (bicyclic) bond motifs is 1. The Kier molecular flexibility index (Phi) is 5.11.